The minimum atomic E-state index is -3.31. The fourth-order valence-corrected chi connectivity index (χ4v) is 4.58. The van der Waals surface area contributed by atoms with Crippen LogP contribution in [0.2, 0.25) is 0 Å². The van der Waals surface area contributed by atoms with Crippen molar-refractivity contribution >= 4 is 27.0 Å². The molecule has 9 heteroatoms. The number of aryl methyl sites for hydroxylation is 1. The predicted molar refractivity (Wildman–Crippen MR) is 127 cm³/mol. The number of carbonyl (C=O) groups is 1. The van der Waals surface area contributed by atoms with Gasteiger partial charge in [-0.3, -0.25) is 9.59 Å². The van der Waals surface area contributed by atoms with Crippen LogP contribution in [0.25, 0.3) is 11.1 Å². The quantitative estimate of drug-likeness (QED) is 0.392. The van der Waals surface area contributed by atoms with Crippen LogP contribution < -0.4 is 10.3 Å². The SMILES string of the molecule is Cc1cnc(C(=O)Cc2cc(Oc3ccc(S(C)(=O)=O)cc3)cc(-c3cc[nH]c(=O)c3)c2)s1. The molecule has 0 atom stereocenters. The Morgan fingerprint density at radius 2 is 1.79 bits per heavy atom. The first kappa shape index (κ1) is 22.6. The maximum Gasteiger partial charge on any atom is 0.248 e. The summed E-state index contributed by atoms with van der Waals surface area (Å²) in [5.41, 5.74) is 1.85. The Bertz CT molecular complexity index is 1490. The van der Waals surface area contributed by atoms with Crippen LogP contribution in [0.3, 0.4) is 0 Å². The van der Waals surface area contributed by atoms with Crippen LogP contribution in [0.5, 0.6) is 11.5 Å². The Hall–Kier alpha value is -3.56. The van der Waals surface area contributed by atoms with Crippen LogP contribution in [0.15, 0.2) is 76.7 Å². The van der Waals surface area contributed by atoms with E-state index in [0.29, 0.717) is 33.2 Å². The third-order valence-corrected chi connectivity index (χ3v) is 6.87. The Morgan fingerprint density at radius 1 is 1.03 bits per heavy atom. The topological polar surface area (TPSA) is 106 Å². The van der Waals surface area contributed by atoms with E-state index in [-0.39, 0.29) is 22.7 Å². The number of ketones is 1. The molecule has 0 unspecified atom stereocenters. The van der Waals surface area contributed by atoms with Crippen molar-refractivity contribution in [3.8, 4) is 22.6 Å². The number of Topliss-reactive ketones (excluding diaryl/α,β-unsaturated/α-hetero) is 1. The number of H-pyrrole nitrogens is 1. The predicted octanol–water partition coefficient (Wildman–Crippen LogP) is 4.43. The average molecular weight is 481 g/mol. The second-order valence-corrected chi connectivity index (χ2v) is 10.8. The fourth-order valence-electron chi connectivity index (χ4n) is 3.25. The molecule has 0 aliphatic heterocycles. The molecule has 2 heterocycles. The molecule has 0 spiro atoms. The number of pyridine rings is 1. The van der Waals surface area contributed by atoms with Gasteiger partial charge in [0.05, 0.1) is 4.90 Å². The lowest BCUT2D eigenvalue weighted by atomic mass is 10.0. The monoisotopic (exact) mass is 480 g/mol. The van der Waals surface area contributed by atoms with E-state index in [2.05, 4.69) is 9.97 Å². The number of sulfone groups is 1. The van der Waals surface area contributed by atoms with Crippen LogP contribution >= 0.6 is 11.3 Å². The van der Waals surface area contributed by atoms with Gasteiger partial charge in [0.2, 0.25) is 5.56 Å². The molecule has 0 saturated heterocycles. The van der Waals surface area contributed by atoms with Gasteiger partial charge in [0.1, 0.15) is 11.5 Å². The van der Waals surface area contributed by atoms with Gasteiger partial charge in [0.25, 0.3) is 0 Å². The summed E-state index contributed by atoms with van der Waals surface area (Å²) >= 11 is 1.34. The van der Waals surface area contributed by atoms with Crippen LogP contribution in [-0.2, 0) is 16.3 Å². The zero-order valence-electron chi connectivity index (χ0n) is 17.9. The summed E-state index contributed by atoms with van der Waals surface area (Å²) in [6, 6.07) is 14.7. The number of nitrogens with zero attached hydrogens (tertiary/aromatic N) is 1. The first-order valence-electron chi connectivity index (χ1n) is 9.94. The minimum absolute atomic E-state index is 0.111. The average Bonchev–Trinajstić information content (AvgIpc) is 3.20. The summed E-state index contributed by atoms with van der Waals surface area (Å²) in [6.07, 6.45) is 4.48. The summed E-state index contributed by atoms with van der Waals surface area (Å²) in [4.78, 5) is 32.4. The van der Waals surface area contributed by atoms with E-state index < -0.39 is 9.84 Å². The van der Waals surface area contributed by atoms with Gasteiger partial charge in [-0.15, -0.1) is 11.3 Å². The Labute approximate surface area is 194 Å². The van der Waals surface area contributed by atoms with Crippen LogP contribution in [-0.4, -0.2) is 30.4 Å². The molecule has 168 valence electrons. The summed E-state index contributed by atoms with van der Waals surface area (Å²) in [5.74, 6) is 0.788. The highest BCUT2D eigenvalue weighted by Gasteiger charge is 2.14. The second kappa shape index (κ2) is 9.13. The largest absolute Gasteiger partial charge is 0.457 e. The molecule has 0 aliphatic carbocycles. The number of aromatic nitrogens is 2. The van der Waals surface area contributed by atoms with Gasteiger partial charge >= 0.3 is 0 Å². The molecular formula is C24H20N2O5S2. The molecule has 2 aromatic carbocycles. The van der Waals surface area contributed by atoms with Crippen molar-refractivity contribution in [2.24, 2.45) is 0 Å². The number of carbonyl (C=O) groups excluding carboxylic acids is 1. The van der Waals surface area contributed by atoms with Gasteiger partial charge in [-0.05, 0) is 66.1 Å². The number of benzene rings is 2. The first-order chi connectivity index (χ1) is 15.7. The van der Waals surface area contributed by atoms with Crippen molar-refractivity contribution in [1.82, 2.24) is 9.97 Å². The summed E-state index contributed by atoms with van der Waals surface area (Å²) < 4.78 is 29.3. The van der Waals surface area contributed by atoms with Gasteiger partial charge in [0, 0.05) is 36.0 Å². The molecule has 4 aromatic rings. The van der Waals surface area contributed by atoms with Crippen molar-refractivity contribution in [2.45, 2.75) is 18.2 Å². The first-order valence-corrected chi connectivity index (χ1v) is 12.6. The standard InChI is InChI=1S/C24H20N2O5S2/c1-15-14-26-24(32-15)22(27)11-16-9-18(17-7-8-25-23(28)13-17)12-20(10-16)31-19-3-5-21(6-4-19)33(2,29)30/h3-10,12-14H,11H2,1-2H3,(H,25,28). The third kappa shape index (κ3) is 5.63. The smallest absolute Gasteiger partial charge is 0.248 e. The maximum atomic E-state index is 12.7. The van der Waals surface area contributed by atoms with E-state index in [0.717, 1.165) is 11.1 Å². The van der Waals surface area contributed by atoms with Crippen molar-refractivity contribution in [2.75, 3.05) is 6.26 Å². The van der Waals surface area contributed by atoms with E-state index in [4.69, 9.17) is 4.74 Å². The van der Waals surface area contributed by atoms with Crippen molar-refractivity contribution in [3.05, 3.63) is 92.8 Å². The number of ether oxygens (including phenoxy) is 1. The number of rotatable bonds is 7. The summed E-state index contributed by atoms with van der Waals surface area (Å²) in [6.45, 7) is 1.89. The molecule has 0 aliphatic rings. The van der Waals surface area contributed by atoms with E-state index in [1.54, 1.807) is 42.7 Å². The number of thiazole rings is 1. The summed E-state index contributed by atoms with van der Waals surface area (Å²) in [7, 11) is -3.31. The van der Waals surface area contributed by atoms with Gasteiger partial charge in [-0.2, -0.15) is 0 Å². The third-order valence-electron chi connectivity index (χ3n) is 4.79. The lowest BCUT2D eigenvalue weighted by Gasteiger charge is -2.11. The molecule has 0 bridgehead atoms. The zero-order chi connectivity index (χ0) is 23.6. The molecular weight excluding hydrogens is 460 g/mol. The molecule has 2 aromatic heterocycles. The van der Waals surface area contributed by atoms with Crippen molar-refractivity contribution in [3.63, 3.8) is 0 Å². The molecule has 0 saturated carbocycles. The van der Waals surface area contributed by atoms with Crippen LogP contribution in [0.4, 0.5) is 0 Å². The maximum absolute atomic E-state index is 12.7. The summed E-state index contributed by atoms with van der Waals surface area (Å²) in [5, 5.41) is 0.438. The van der Waals surface area contributed by atoms with E-state index >= 15 is 0 Å². The molecule has 1 N–H and O–H groups in total. The van der Waals surface area contributed by atoms with E-state index in [9.17, 15) is 18.0 Å². The molecule has 4 rings (SSSR count). The number of hydrogen-bond acceptors (Lipinski definition) is 7. The number of aromatic amines is 1. The van der Waals surface area contributed by atoms with Gasteiger partial charge < -0.3 is 9.72 Å². The second-order valence-electron chi connectivity index (χ2n) is 7.53. The lowest BCUT2D eigenvalue weighted by molar-refractivity contribution is 0.0992. The van der Waals surface area contributed by atoms with E-state index in [1.807, 2.05) is 13.0 Å². The molecule has 33 heavy (non-hydrogen) atoms. The zero-order valence-corrected chi connectivity index (χ0v) is 19.5. The Morgan fingerprint density at radius 3 is 2.42 bits per heavy atom. The normalized spacial score (nSPS) is 11.3. The highest BCUT2D eigenvalue weighted by molar-refractivity contribution is 7.90. The van der Waals surface area contributed by atoms with Crippen LogP contribution in [0.1, 0.15) is 20.2 Å². The Kier molecular flexibility index (Phi) is 6.26. The lowest BCUT2D eigenvalue weighted by Crippen LogP contribution is -2.04. The molecule has 7 nitrogen and oxygen atoms in total. The Balaban J connectivity index is 1.69. The molecule has 0 fully saturated rings. The highest BCUT2D eigenvalue weighted by Crippen LogP contribution is 2.30. The van der Waals surface area contributed by atoms with Crippen LogP contribution in [0, 0.1) is 6.92 Å². The highest BCUT2D eigenvalue weighted by atomic mass is 32.2. The van der Waals surface area contributed by atoms with Gasteiger partial charge in [-0.1, -0.05) is 6.07 Å². The fraction of sp³-hybridized carbons (Fsp3) is 0.125. The number of nitrogens with one attached hydrogen (secondary N) is 1. The number of hydrogen-bond donors (Lipinski definition) is 1. The van der Waals surface area contributed by atoms with Gasteiger partial charge in [-0.25, -0.2) is 13.4 Å². The molecule has 0 amide bonds. The minimum Gasteiger partial charge on any atom is -0.457 e. The van der Waals surface area contributed by atoms with E-state index in [1.165, 1.54) is 29.5 Å². The van der Waals surface area contributed by atoms with Gasteiger partial charge in [0.15, 0.2) is 20.6 Å². The van der Waals surface area contributed by atoms with Crippen molar-refractivity contribution < 1.29 is 17.9 Å². The molecule has 0 radical (unpaired) electrons. The van der Waals surface area contributed by atoms with Crippen molar-refractivity contribution in [1.29, 1.82) is 0 Å².